The zero-order valence-electron chi connectivity index (χ0n) is 13.5. The highest BCUT2D eigenvalue weighted by atomic mass is 35.5. The van der Waals surface area contributed by atoms with Crippen LogP contribution in [0.1, 0.15) is 15.2 Å². The number of nitrogens with one attached hydrogen (secondary N) is 2. The van der Waals surface area contributed by atoms with Gasteiger partial charge < -0.3 is 10.6 Å². The molecule has 0 atom stereocenters. The van der Waals surface area contributed by atoms with E-state index in [1.54, 1.807) is 72.4 Å². The fourth-order valence-electron chi connectivity index (χ4n) is 2.14. The molecule has 0 bridgehead atoms. The molecule has 1 aromatic carbocycles. The molecule has 2 heterocycles. The van der Waals surface area contributed by atoms with Crippen LogP contribution in [0.15, 0.2) is 72.0 Å². The van der Waals surface area contributed by atoms with Crippen molar-refractivity contribution in [3.05, 3.63) is 87.5 Å². The molecule has 0 fully saturated rings. The lowest BCUT2D eigenvalue weighted by Gasteiger charge is -2.11. The molecule has 0 saturated carbocycles. The molecule has 130 valence electrons. The van der Waals surface area contributed by atoms with Gasteiger partial charge in [0.1, 0.15) is 5.70 Å². The van der Waals surface area contributed by atoms with Gasteiger partial charge in [-0.2, -0.15) is 0 Å². The quantitative estimate of drug-likeness (QED) is 0.648. The molecule has 0 spiro atoms. The van der Waals surface area contributed by atoms with Crippen molar-refractivity contribution < 1.29 is 9.59 Å². The van der Waals surface area contributed by atoms with Gasteiger partial charge in [-0.05, 0) is 47.4 Å². The van der Waals surface area contributed by atoms with Gasteiger partial charge in [0.15, 0.2) is 0 Å². The highest BCUT2D eigenvalue weighted by molar-refractivity contribution is 7.12. The van der Waals surface area contributed by atoms with E-state index in [0.717, 1.165) is 0 Å². The monoisotopic (exact) mass is 383 g/mol. The van der Waals surface area contributed by atoms with Crippen molar-refractivity contribution >= 4 is 46.5 Å². The molecule has 3 aromatic rings. The van der Waals surface area contributed by atoms with Crippen molar-refractivity contribution in [3.63, 3.8) is 0 Å². The van der Waals surface area contributed by atoms with Gasteiger partial charge in [-0.3, -0.25) is 14.6 Å². The fourth-order valence-corrected chi connectivity index (χ4v) is 2.95. The third kappa shape index (κ3) is 4.78. The maximum atomic E-state index is 12.7. The van der Waals surface area contributed by atoms with Crippen molar-refractivity contribution in [2.24, 2.45) is 0 Å². The third-order valence-corrected chi connectivity index (χ3v) is 4.42. The van der Waals surface area contributed by atoms with E-state index in [1.807, 2.05) is 0 Å². The number of benzene rings is 1. The predicted octanol–water partition coefficient (Wildman–Crippen LogP) is 4.21. The number of anilines is 1. The summed E-state index contributed by atoms with van der Waals surface area (Å²) in [6, 6.07) is 13.8. The molecule has 0 aliphatic carbocycles. The standard InChI is InChI=1S/C19H14ClN3O2S/c20-14-5-1-6-15(11-14)22-18(24)16(10-13-4-2-8-21-12-13)23-19(25)17-7-3-9-26-17/h1-12H,(H,22,24)(H,23,25)/b16-10+. The van der Waals surface area contributed by atoms with Crippen LogP contribution in [-0.4, -0.2) is 16.8 Å². The van der Waals surface area contributed by atoms with E-state index in [2.05, 4.69) is 15.6 Å². The SMILES string of the molecule is O=C(Nc1cccc(Cl)c1)/C(=C\c1cccnc1)NC(=O)c1cccs1. The normalized spacial score (nSPS) is 11.0. The summed E-state index contributed by atoms with van der Waals surface area (Å²) in [6.07, 6.45) is 4.80. The van der Waals surface area contributed by atoms with Crippen LogP contribution in [-0.2, 0) is 4.79 Å². The van der Waals surface area contributed by atoms with E-state index >= 15 is 0 Å². The second kappa shape index (κ2) is 8.42. The number of halogens is 1. The summed E-state index contributed by atoms with van der Waals surface area (Å²) in [5, 5.41) is 7.69. The molecule has 0 saturated heterocycles. The Hall–Kier alpha value is -2.96. The highest BCUT2D eigenvalue weighted by Gasteiger charge is 2.15. The summed E-state index contributed by atoms with van der Waals surface area (Å²) < 4.78 is 0. The number of carbonyl (C=O) groups is 2. The molecular formula is C19H14ClN3O2S. The second-order valence-electron chi connectivity index (χ2n) is 5.24. The first-order chi connectivity index (χ1) is 12.6. The van der Waals surface area contributed by atoms with E-state index in [1.165, 1.54) is 11.3 Å². The van der Waals surface area contributed by atoms with Gasteiger partial charge in [0.25, 0.3) is 11.8 Å². The molecule has 0 aliphatic heterocycles. The smallest absolute Gasteiger partial charge is 0.272 e. The number of carbonyl (C=O) groups excluding carboxylic acids is 2. The number of hydrogen-bond acceptors (Lipinski definition) is 4. The van der Waals surface area contributed by atoms with Crippen LogP contribution in [0, 0.1) is 0 Å². The van der Waals surface area contributed by atoms with Gasteiger partial charge in [0.05, 0.1) is 4.88 Å². The Morgan fingerprint density at radius 2 is 2.00 bits per heavy atom. The van der Waals surface area contributed by atoms with E-state index in [4.69, 9.17) is 11.6 Å². The van der Waals surface area contributed by atoms with Crippen molar-refractivity contribution in [3.8, 4) is 0 Å². The number of thiophene rings is 1. The summed E-state index contributed by atoms with van der Waals surface area (Å²) in [4.78, 5) is 29.6. The molecule has 7 heteroatoms. The van der Waals surface area contributed by atoms with Crippen molar-refractivity contribution in [2.45, 2.75) is 0 Å². The molecule has 26 heavy (non-hydrogen) atoms. The topological polar surface area (TPSA) is 71.1 Å². The van der Waals surface area contributed by atoms with Gasteiger partial charge in [-0.15, -0.1) is 11.3 Å². The fraction of sp³-hybridized carbons (Fsp3) is 0. The first-order valence-corrected chi connectivity index (χ1v) is 8.91. The Balaban J connectivity index is 1.85. The van der Waals surface area contributed by atoms with Gasteiger partial charge in [0.2, 0.25) is 0 Å². The van der Waals surface area contributed by atoms with Crippen LogP contribution in [0.3, 0.4) is 0 Å². The molecule has 0 radical (unpaired) electrons. The first-order valence-electron chi connectivity index (χ1n) is 7.65. The van der Waals surface area contributed by atoms with Crippen molar-refractivity contribution in [1.82, 2.24) is 10.3 Å². The van der Waals surface area contributed by atoms with E-state index < -0.39 is 5.91 Å². The third-order valence-electron chi connectivity index (χ3n) is 3.32. The number of aromatic nitrogens is 1. The lowest BCUT2D eigenvalue weighted by molar-refractivity contribution is -0.113. The Kier molecular flexibility index (Phi) is 5.78. The average molecular weight is 384 g/mol. The second-order valence-corrected chi connectivity index (χ2v) is 6.62. The van der Waals surface area contributed by atoms with Crippen LogP contribution in [0.5, 0.6) is 0 Å². The Morgan fingerprint density at radius 3 is 2.69 bits per heavy atom. The summed E-state index contributed by atoms with van der Waals surface area (Å²) in [7, 11) is 0. The number of hydrogen-bond donors (Lipinski definition) is 2. The molecule has 0 aliphatic rings. The summed E-state index contributed by atoms with van der Waals surface area (Å²) >= 11 is 7.24. The molecule has 2 amide bonds. The molecule has 2 N–H and O–H groups in total. The summed E-state index contributed by atoms with van der Waals surface area (Å²) in [5.74, 6) is -0.808. The maximum absolute atomic E-state index is 12.7. The van der Waals surface area contributed by atoms with E-state index in [-0.39, 0.29) is 11.6 Å². The minimum Gasteiger partial charge on any atom is -0.321 e. The van der Waals surface area contributed by atoms with Crippen LogP contribution < -0.4 is 10.6 Å². The van der Waals surface area contributed by atoms with Gasteiger partial charge in [0, 0.05) is 23.1 Å². The predicted molar refractivity (Wildman–Crippen MR) is 104 cm³/mol. The minimum absolute atomic E-state index is 0.108. The van der Waals surface area contributed by atoms with Gasteiger partial charge >= 0.3 is 0 Å². The Morgan fingerprint density at radius 1 is 1.12 bits per heavy atom. The Labute approximate surface area is 159 Å². The first kappa shape index (κ1) is 17.8. The van der Waals surface area contributed by atoms with Crippen LogP contribution in [0.25, 0.3) is 6.08 Å². The van der Waals surface area contributed by atoms with Gasteiger partial charge in [-0.25, -0.2) is 0 Å². The van der Waals surface area contributed by atoms with Crippen molar-refractivity contribution in [1.29, 1.82) is 0 Å². The van der Waals surface area contributed by atoms with E-state index in [0.29, 0.717) is 21.2 Å². The zero-order chi connectivity index (χ0) is 18.4. The summed E-state index contributed by atoms with van der Waals surface area (Å²) in [6.45, 7) is 0. The number of rotatable bonds is 5. The Bertz CT molecular complexity index is 940. The lowest BCUT2D eigenvalue weighted by atomic mass is 10.2. The van der Waals surface area contributed by atoms with Crippen LogP contribution >= 0.6 is 22.9 Å². The van der Waals surface area contributed by atoms with E-state index in [9.17, 15) is 9.59 Å². The average Bonchev–Trinajstić information content (AvgIpc) is 3.17. The zero-order valence-corrected chi connectivity index (χ0v) is 15.1. The highest BCUT2D eigenvalue weighted by Crippen LogP contribution is 2.16. The van der Waals surface area contributed by atoms with Crippen LogP contribution in [0.4, 0.5) is 5.69 Å². The molecule has 3 rings (SSSR count). The summed E-state index contributed by atoms with van der Waals surface area (Å²) in [5.41, 5.74) is 1.33. The number of pyridine rings is 1. The minimum atomic E-state index is -0.457. The maximum Gasteiger partial charge on any atom is 0.272 e. The van der Waals surface area contributed by atoms with Crippen LogP contribution in [0.2, 0.25) is 5.02 Å². The number of amides is 2. The molecule has 2 aromatic heterocycles. The molecular weight excluding hydrogens is 370 g/mol. The largest absolute Gasteiger partial charge is 0.321 e. The number of nitrogens with zero attached hydrogens (tertiary/aromatic N) is 1. The molecule has 0 unspecified atom stereocenters. The van der Waals surface area contributed by atoms with Gasteiger partial charge in [-0.1, -0.05) is 29.8 Å². The van der Waals surface area contributed by atoms with Crippen molar-refractivity contribution in [2.75, 3.05) is 5.32 Å². The lowest BCUT2D eigenvalue weighted by Crippen LogP contribution is -2.30. The molecule has 5 nitrogen and oxygen atoms in total.